The largest absolute Gasteiger partial charge is 0.496 e. The summed E-state index contributed by atoms with van der Waals surface area (Å²) in [6.45, 7) is 0. The minimum atomic E-state index is -0.531. The van der Waals surface area contributed by atoms with E-state index in [-0.39, 0.29) is 5.56 Å². The van der Waals surface area contributed by atoms with Gasteiger partial charge in [0.1, 0.15) is 5.75 Å². The van der Waals surface area contributed by atoms with Crippen LogP contribution in [0.4, 0.5) is 0 Å². The number of hydrogen-bond acceptors (Lipinski definition) is 4. The van der Waals surface area contributed by atoms with E-state index < -0.39 is 11.8 Å². The Morgan fingerprint density at radius 2 is 1.52 bits per heavy atom. The molecule has 0 fully saturated rings. The molecule has 0 radical (unpaired) electrons. The third-order valence-electron chi connectivity index (χ3n) is 3.86. The molecule has 2 aromatic carbocycles. The van der Waals surface area contributed by atoms with Crippen molar-refractivity contribution in [3.8, 4) is 16.9 Å². The summed E-state index contributed by atoms with van der Waals surface area (Å²) in [5, 5.41) is 0.388. The number of rotatable bonds is 4. The van der Waals surface area contributed by atoms with Gasteiger partial charge in [-0.25, -0.2) is 0 Å². The lowest BCUT2D eigenvalue weighted by Crippen LogP contribution is -2.41. The highest BCUT2D eigenvalue weighted by Gasteiger charge is 2.14. The van der Waals surface area contributed by atoms with Gasteiger partial charge in [-0.1, -0.05) is 23.7 Å². The first-order valence-electron chi connectivity index (χ1n) is 8.03. The first kappa shape index (κ1) is 18.4. The lowest BCUT2D eigenvalue weighted by atomic mass is 10.1. The molecule has 0 bridgehead atoms. The van der Waals surface area contributed by atoms with Crippen LogP contribution in [-0.4, -0.2) is 23.9 Å². The van der Waals surface area contributed by atoms with Crippen LogP contribution in [0.5, 0.6) is 5.75 Å². The molecule has 0 unspecified atom stereocenters. The highest BCUT2D eigenvalue weighted by molar-refractivity contribution is 6.31. The number of amides is 2. The van der Waals surface area contributed by atoms with Gasteiger partial charge in [0, 0.05) is 23.0 Å². The van der Waals surface area contributed by atoms with E-state index in [0.717, 1.165) is 11.1 Å². The molecule has 3 aromatic rings. The number of hydrazine groups is 1. The summed E-state index contributed by atoms with van der Waals surface area (Å²) in [6.07, 6.45) is 3.41. The van der Waals surface area contributed by atoms with Crippen molar-refractivity contribution < 1.29 is 14.3 Å². The van der Waals surface area contributed by atoms with Crippen molar-refractivity contribution in [1.82, 2.24) is 15.8 Å². The second-order valence-corrected chi connectivity index (χ2v) is 6.00. The summed E-state index contributed by atoms with van der Waals surface area (Å²) in [5.41, 5.74) is 7.33. The number of nitrogens with zero attached hydrogens (tertiary/aromatic N) is 1. The van der Waals surface area contributed by atoms with Gasteiger partial charge in [-0.2, -0.15) is 0 Å². The van der Waals surface area contributed by atoms with E-state index in [1.54, 1.807) is 36.7 Å². The van der Waals surface area contributed by atoms with Crippen LogP contribution >= 0.6 is 11.6 Å². The zero-order valence-electron chi connectivity index (χ0n) is 14.4. The van der Waals surface area contributed by atoms with Crippen molar-refractivity contribution in [1.29, 1.82) is 0 Å². The van der Waals surface area contributed by atoms with E-state index in [9.17, 15) is 9.59 Å². The Morgan fingerprint density at radius 1 is 0.889 bits per heavy atom. The van der Waals surface area contributed by atoms with Crippen molar-refractivity contribution >= 4 is 23.4 Å². The Hall–Kier alpha value is -3.38. The number of pyridine rings is 1. The molecule has 0 aliphatic rings. The lowest BCUT2D eigenvalue weighted by Gasteiger charge is -2.11. The average Bonchev–Trinajstić information content (AvgIpc) is 2.72. The first-order chi connectivity index (χ1) is 13.1. The van der Waals surface area contributed by atoms with Gasteiger partial charge in [0.05, 0.1) is 12.7 Å². The molecule has 0 spiro atoms. The third-order valence-corrected chi connectivity index (χ3v) is 4.09. The number of carbonyl (C=O) groups is 2. The van der Waals surface area contributed by atoms with Gasteiger partial charge in [0.25, 0.3) is 11.8 Å². The molecule has 136 valence electrons. The molecule has 3 rings (SSSR count). The van der Waals surface area contributed by atoms with Crippen LogP contribution in [0.3, 0.4) is 0 Å². The Balaban J connectivity index is 1.66. The smallest absolute Gasteiger partial charge is 0.273 e. The maximum Gasteiger partial charge on any atom is 0.273 e. The van der Waals surface area contributed by atoms with Crippen LogP contribution in [0.25, 0.3) is 11.1 Å². The maximum atomic E-state index is 12.3. The molecule has 2 N–H and O–H groups in total. The summed E-state index contributed by atoms with van der Waals surface area (Å²) < 4.78 is 5.13. The minimum Gasteiger partial charge on any atom is -0.496 e. The SMILES string of the molecule is COc1ccc(Cl)cc1C(=O)NNC(=O)c1ccc(-c2ccncc2)cc1. The van der Waals surface area contributed by atoms with Gasteiger partial charge >= 0.3 is 0 Å². The zero-order valence-corrected chi connectivity index (χ0v) is 15.2. The number of benzene rings is 2. The molecule has 0 aliphatic heterocycles. The van der Waals surface area contributed by atoms with Crippen molar-refractivity contribution in [2.75, 3.05) is 7.11 Å². The minimum absolute atomic E-state index is 0.221. The fourth-order valence-electron chi connectivity index (χ4n) is 2.47. The molecule has 7 heteroatoms. The second-order valence-electron chi connectivity index (χ2n) is 5.57. The highest BCUT2D eigenvalue weighted by atomic mass is 35.5. The van der Waals surface area contributed by atoms with Crippen LogP contribution in [0, 0.1) is 0 Å². The Labute approximate surface area is 161 Å². The summed E-state index contributed by atoms with van der Waals surface area (Å²) in [4.78, 5) is 28.5. The molecular weight excluding hydrogens is 366 g/mol. The molecule has 27 heavy (non-hydrogen) atoms. The number of ether oxygens (including phenoxy) is 1. The normalized spacial score (nSPS) is 10.1. The molecule has 0 saturated carbocycles. The van der Waals surface area contributed by atoms with Crippen LogP contribution in [0.15, 0.2) is 67.0 Å². The monoisotopic (exact) mass is 381 g/mol. The third kappa shape index (κ3) is 4.43. The predicted molar refractivity (Wildman–Crippen MR) is 103 cm³/mol. The molecule has 1 aromatic heterocycles. The van der Waals surface area contributed by atoms with E-state index in [1.165, 1.54) is 13.2 Å². The maximum absolute atomic E-state index is 12.3. The van der Waals surface area contributed by atoms with Crippen molar-refractivity contribution in [2.24, 2.45) is 0 Å². The molecule has 0 atom stereocenters. The Morgan fingerprint density at radius 3 is 2.19 bits per heavy atom. The number of nitrogens with one attached hydrogen (secondary N) is 2. The van der Waals surface area contributed by atoms with E-state index in [0.29, 0.717) is 16.3 Å². The second kappa shape index (κ2) is 8.33. The molecular formula is C20H16ClN3O3. The van der Waals surface area contributed by atoms with Gasteiger partial charge in [-0.15, -0.1) is 0 Å². The number of halogens is 1. The number of aromatic nitrogens is 1. The predicted octanol–water partition coefficient (Wildman–Crippen LogP) is 3.49. The van der Waals surface area contributed by atoms with Crippen LogP contribution in [0.1, 0.15) is 20.7 Å². The fourth-order valence-corrected chi connectivity index (χ4v) is 2.64. The summed E-state index contributed by atoms with van der Waals surface area (Å²) in [7, 11) is 1.45. The van der Waals surface area contributed by atoms with Gasteiger partial charge in [-0.05, 0) is 53.6 Å². The standard InChI is InChI=1S/C20H16ClN3O3/c1-27-18-7-6-16(21)12-17(18)20(26)24-23-19(25)15-4-2-13(3-5-15)14-8-10-22-11-9-14/h2-12H,1H3,(H,23,25)(H,24,26). The molecule has 6 nitrogen and oxygen atoms in total. The van der Waals surface area contributed by atoms with E-state index >= 15 is 0 Å². The number of carbonyl (C=O) groups excluding carboxylic acids is 2. The lowest BCUT2D eigenvalue weighted by molar-refractivity contribution is 0.0845. The fraction of sp³-hybridized carbons (Fsp3) is 0.0500. The zero-order chi connectivity index (χ0) is 19.2. The van der Waals surface area contributed by atoms with Crippen molar-refractivity contribution in [3.63, 3.8) is 0 Å². The van der Waals surface area contributed by atoms with Crippen molar-refractivity contribution in [2.45, 2.75) is 0 Å². The summed E-state index contributed by atoms with van der Waals surface area (Å²) in [6, 6.07) is 15.4. The topological polar surface area (TPSA) is 80.3 Å². The van der Waals surface area contributed by atoms with E-state index in [2.05, 4.69) is 15.8 Å². The number of methoxy groups -OCH3 is 1. The van der Waals surface area contributed by atoms with Gasteiger partial charge in [0.15, 0.2) is 0 Å². The average molecular weight is 382 g/mol. The van der Waals surface area contributed by atoms with Crippen LogP contribution in [0.2, 0.25) is 5.02 Å². The van der Waals surface area contributed by atoms with Crippen molar-refractivity contribution in [3.05, 3.63) is 83.1 Å². The molecule has 1 heterocycles. The quantitative estimate of drug-likeness (QED) is 0.678. The molecule has 0 saturated heterocycles. The highest BCUT2D eigenvalue weighted by Crippen LogP contribution is 2.22. The number of hydrogen-bond donors (Lipinski definition) is 2. The summed E-state index contributed by atoms with van der Waals surface area (Å²) in [5.74, 6) is -0.616. The molecule has 0 aliphatic carbocycles. The van der Waals surface area contributed by atoms with Gasteiger partial charge in [0.2, 0.25) is 0 Å². The van der Waals surface area contributed by atoms with E-state index in [4.69, 9.17) is 16.3 Å². The Kier molecular flexibility index (Phi) is 5.68. The molecule has 2 amide bonds. The van der Waals surface area contributed by atoms with Crippen LogP contribution in [-0.2, 0) is 0 Å². The van der Waals surface area contributed by atoms with Gasteiger partial charge < -0.3 is 4.74 Å². The Bertz CT molecular complexity index is 960. The van der Waals surface area contributed by atoms with Gasteiger partial charge in [-0.3, -0.25) is 25.4 Å². The van der Waals surface area contributed by atoms with Crippen LogP contribution < -0.4 is 15.6 Å². The first-order valence-corrected chi connectivity index (χ1v) is 8.41. The summed E-state index contributed by atoms with van der Waals surface area (Å²) >= 11 is 5.91. The van der Waals surface area contributed by atoms with E-state index in [1.807, 2.05) is 24.3 Å².